The first-order chi connectivity index (χ1) is 8.76. The third-order valence-corrected chi connectivity index (χ3v) is 2.89. The number of rotatable bonds is 3. The van der Waals surface area contributed by atoms with Crippen LogP contribution in [-0.2, 0) is 4.74 Å². The Morgan fingerprint density at radius 3 is 3.06 bits per heavy atom. The molecule has 0 saturated carbocycles. The molecule has 7 heteroatoms. The third-order valence-electron chi connectivity index (χ3n) is 2.89. The summed E-state index contributed by atoms with van der Waals surface area (Å²) in [6, 6.07) is 3.44. The fourth-order valence-corrected chi connectivity index (χ4v) is 1.90. The van der Waals surface area contributed by atoms with Crippen molar-refractivity contribution in [3.63, 3.8) is 0 Å². The molecular weight excluding hydrogens is 236 g/mol. The summed E-state index contributed by atoms with van der Waals surface area (Å²) in [5.41, 5.74) is 6.73. The summed E-state index contributed by atoms with van der Waals surface area (Å²) in [7, 11) is 0. The number of hydrogen-bond donors (Lipinski definition) is 3. The Balaban J connectivity index is 2.17. The summed E-state index contributed by atoms with van der Waals surface area (Å²) < 4.78 is 5.31. The summed E-state index contributed by atoms with van der Waals surface area (Å²) in [5, 5.41) is 20.7. The standard InChI is InChI=1S/C11H16N4O3/c12-11(14-17)10-2-1-8(5-13-10)15-3-4-18-7-9(15)6-16/h1-2,5,9,16-17H,3-4,6-7H2,(H2,12,14). The van der Waals surface area contributed by atoms with Crippen molar-refractivity contribution in [2.45, 2.75) is 6.04 Å². The molecule has 0 spiro atoms. The van der Waals surface area contributed by atoms with E-state index in [0.29, 0.717) is 25.5 Å². The van der Waals surface area contributed by atoms with E-state index in [1.807, 2.05) is 11.0 Å². The van der Waals surface area contributed by atoms with E-state index >= 15 is 0 Å². The van der Waals surface area contributed by atoms with Crippen LogP contribution in [0.5, 0.6) is 0 Å². The Morgan fingerprint density at radius 2 is 2.44 bits per heavy atom. The summed E-state index contributed by atoms with van der Waals surface area (Å²) >= 11 is 0. The second kappa shape index (κ2) is 5.65. The van der Waals surface area contributed by atoms with Crippen molar-refractivity contribution in [1.82, 2.24) is 4.98 Å². The molecule has 2 heterocycles. The monoisotopic (exact) mass is 252 g/mol. The summed E-state index contributed by atoms with van der Waals surface area (Å²) in [6.45, 7) is 1.86. The maximum absolute atomic E-state index is 9.29. The molecule has 98 valence electrons. The minimum absolute atomic E-state index is 0.0257. The predicted octanol–water partition coefficient (Wildman–Crippen LogP) is -0.626. The third kappa shape index (κ3) is 2.52. The Bertz CT molecular complexity index is 421. The molecule has 0 bridgehead atoms. The molecule has 18 heavy (non-hydrogen) atoms. The molecule has 2 rings (SSSR count). The van der Waals surface area contributed by atoms with E-state index in [-0.39, 0.29) is 18.5 Å². The average molecular weight is 252 g/mol. The lowest BCUT2D eigenvalue weighted by Gasteiger charge is -2.36. The highest BCUT2D eigenvalue weighted by Crippen LogP contribution is 2.18. The molecule has 1 aliphatic rings. The number of anilines is 1. The number of nitrogens with zero attached hydrogens (tertiary/aromatic N) is 3. The Morgan fingerprint density at radius 1 is 1.61 bits per heavy atom. The lowest BCUT2D eigenvalue weighted by atomic mass is 10.2. The molecular formula is C11H16N4O3. The van der Waals surface area contributed by atoms with Crippen LogP contribution < -0.4 is 10.6 Å². The second-order valence-electron chi connectivity index (χ2n) is 3.99. The van der Waals surface area contributed by atoms with Gasteiger partial charge in [-0.05, 0) is 12.1 Å². The van der Waals surface area contributed by atoms with E-state index in [9.17, 15) is 5.11 Å². The van der Waals surface area contributed by atoms with Crippen molar-refractivity contribution >= 4 is 11.5 Å². The number of pyridine rings is 1. The SMILES string of the molecule is N/C(=N/O)c1ccc(N2CCOCC2CO)cn1. The van der Waals surface area contributed by atoms with Gasteiger partial charge in [-0.25, -0.2) is 0 Å². The van der Waals surface area contributed by atoms with Crippen molar-refractivity contribution in [2.24, 2.45) is 10.9 Å². The molecule has 4 N–H and O–H groups in total. The van der Waals surface area contributed by atoms with Crippen LogP contribution in [0.25, 0.3) is 0 Å². The number of aliphatic hydroxyl groups excluding tert-OH is 1. The van der Waals surface area contributed by atoms with Crippen LogP contribution in [0.1, 0.15) is 5.69 Å². The van der Waals surface area contributed by atoms with Gasteiger partial charge in [-0.1, -0.05) is 5.16 Å². The molecule has 0 radical (unpaired) electrons. The van der Waals surface area contributed by atoms with Crippen LogP contribution in [0.3, 0.4) is 0 Å². The Labute approximate surface area is 104 Å². The lowest BCUT2D eigenvalue weighted by molar-refractivity contribution is 0.0727. The van der Waals surface area contributed by atoms with E-state index in [0.717, 1.165) is 5.69 Å². The molecule has 7 nitrogen and oxygen atoms in total. The first kappa shape index (κ1) is 12.6. The van der Waals surface area contributed by atoms with E-state index < -0.39 is 0 Å². The maximum atomic E-state index is 9.29. The highest BCUT2D eigenvalue weighted by Gasteiger charge is 2.22. The number of hydrogen-bond acceptors (Lipinski definition) is 6. The van der Waals surface area contributed by atoms with Gasteiger partial charge in [-0.3, -0.25) is 4.98 Å². The van der Waals surface area contributed by atoms with Gasteiger partial charge < -0.3 is 25.7 Å². The van der Waals surface area contributed by atoms with Gasteiger partial charge in [0.25, 0.3) is 0 Å². The van der Waals surface area contributed by atoms with Crippen LogP contribution in [0, 0.1) is 0 Å². The van der Waals surface area contributed by atoms with Crippen LogP contribution in [-0.4, -0.2) is 53.5 Å². The maximum Gasteiger partial charge on any atom is 0.188 e. The van der Waals surface area contributed by atoms with E-state index in [2.05, 4.69) is 10.1 Å². The summed E-state index contributed by atoms with van der Waals surface area (Å²) in [6.07, 6.45) is 1.64. The lowest BCUT2D eigenvalue weighted by Crippen LogP contribution is -2.47. The summed E-state index contributed by atoms with van der Waals surface area (Å²) in [4.78, 5) is 6.15. The molecule has 0 aliphatic carbocycles. The average Bonchev–Trinajstić information content (AvgIpc) is 2.46. The van der Waals surface area contributed by atoms with E-state index in [1.54, 1.807) is 12.3 Å². The van der Waals surface area contributed by atoms with Crippen molar-refractivity contribution in [2.75, 3.05) is 31.3 Å². The van der Waals surface area contributed by atoms with Crippen molar-refractivity contribution in [3.8, 4) is 0 Å². The van der Waals surface area contributed by atoms with E-state index in [4.69, 9.17) is 15.7 Å². The fraction of sp³-hybridized carbons (Fsp3) is 0.455. The van der Waals surface area contributed by atoms with E-state index in [1.165, 1.54) is 0 Å². The normalized spacial score (nSPS) is 21.1. The number of aliphatic hydroxyl groups is 1. The molecule has 1 aromatic rings. The van der Waals surface area contributed by atoms with Gasteiger partial charge in [0.15, 0.2) is 5.84 Å². The van der Waals surface area contributed by atoms with Crippen LogP contribution in [0.15, 0.2) is 23.5 Å². The minimum atomic E-state index is -0.0599. The number of morpholine rings is 1. The highest BCUT2D eigenvalue weighted by atomic mass is 16.5. The molecule has 1 aliphatic heterocycles. The molecule has 0 aromatic carbocycles. The van der Waals surface area contributed by atoms with Gasteiger partial charge in [-0.2, -0.15) is 0 Å². The Kier molecular flexibility index (Phi) is 3.96. The number of amidine groups is 1. The largest absolute Gasteiger partial charge is 0.409 e. The van der Waals surface area contributed by atoms with Crippen molar-refractivity contribution in [3.05, 3.63) is 24.0 Å². The van der Waals surface area contributed by atoms with Gasteiger partial charge in [0.05, 0.1) is 37.7 Å². The zero-order valence-electron chi connectivity index (χ0n) is 9.86. The first-order valence-corrected chi connectivity index (χ1v) is 5.65. The van der Waals surface area contributed by atoms with Gasteiger partial charge in [-0.15, -0.1) is 0 Å². The van der Waals surface area contributed by atoms with Crippen LogP contribution >= 0.6 is 0 Å². The van der Waals surface area contributed by atoms with Crippen molar-refractivity contribution in [1.29, 1.82) is 0 Å². The molecule has 0 amide bonds. The van der Waals surface area contributed by atoms with Crippen LogP contribution in [0.4, 0.5) is 5.69 Å². The number of ether oxygens (including phenoxy) is 1. The van der Waals surface area contributed by atoms with Gasteiger partial charge in [0, 0.05) is 6.54 Å². The van der Waals surface area contributed by atoms with Gasteiger partial charge in [0.2, 0.25) is 0 Å². The second-order valence-corrected chi connectivity index (χ2v) is 3.99. The van der Waals surface area contributed by atoms with Crippen LogP contribution in [0.2, 0.25) is 0 Å². The molecule has 1 saturated heterocycles. The zero-order chi connectivity index (χ0) is 13.0. The van der Waals surface area contributed by atoms with Gasteiger partial charge in [0.1, 0.15) is 5.69 Å². The highest BCUT2D eigenvalue weighted by molar-refractivity contribution is 5.95. The topological polar surface area (TPSA) is 104 Å². The molecule has 1 unspecified atom stereocenters. The Hall–Kier alpha value is -1.86. The smallest absolute Gasteiger partial charge is 0.188 e. The van der Waals surface area contributed by atoms with Gasteiger partial charge >= 0.3 is 0 Å². The van der Waals surface area contributed by atoms with Crippen molar-refractivity contribution < 1.29 is 15.1 Å². The molecule has 1 fully saturated rings. The quantitative estimate of drug-likeness (QED) is 0.286. The number of oxime groups is 1. The molecule has 1 atom stereocenters. The first-order valence-electron chi connectivity index (χ1n) is 5.65. The molecule has 1 aromatic heterocycles. The predicted molar refractivity (Wildman–Crippen MR) is 65.8 cm³/mol. The number of nitrogens with two attached hydrogens (primary N) is 1. The number of aromatic nitrogens is 1. The summed E-state index contributed by atoms with van der Waals surface area (Å²) in [5.74, 6) is -0.0257. The zero-order valence-corrected chi connectivity index (χ0v) is 9.86. The minimum Gasteiger partial charge on any atom is -0.409 e. The fourth-order valence-electron chi connectivity index (χ4n) is 1.90.